The topological polar surface area (TPSA) is 58.6 Å². The van der Waals surface area contributed by atoms with Crippen LogP contribution in [0.3, 0.4) is 0 Å². The van der Waals surface area contributed by atoms with Crippen molar-refractivity contribution in [3.63, 3.8) is 0 Å². The number of hydrogen-bond acceptors (Lipinski definition) is 4. The average Bonchev–Trinajstić information content (AvgIpc) is 2.47. The van der Waals surface area contributed by atoms with Gasteiger partial charge in [-0.25, -0.2) is 8.42 Å². The Hall–Kier alpha value is -0.340. The second-order valence-electron chi connectivity index (χ2n) is 4.79. The van der Waals surface area contributed by atoms with Gasteiger partial charge in [-0.2, -0.15) is 4.31 Å². The van der Waals surface area contributed by atoms with Gasteiger partial charge >= 0.3 is 0 Å². The molecule has 0 amide bonds. The molecule has 1 N–H and O–H groups in total. The Kier molecular flexibility index (Phi) is 6.93. The molecule has 0 aliphatic carbocycles. The number of ether oxygens (including phenoxy) is 1. The molecule has 1 fully saturated rings. The van der Waals surface area contributed by atoms with Crippen LogP contribution in [0.5, 0.6) is 5.75 Å². The standard InChI is InChI=1S/C13H19BrN2O3S.ClH/c1-15-10-4-3-7-16(9-10)20(17,18)13-8-11(19-2)5-6-12(13)14;/h5-6,8,10,15H,3-4,7,9H2,1-2H3;1H. The smallest absolute Gasteiger partial charge is 0.244 e. The molecular weight excluding hydrogens is 380 g/mol. The van der Waals surface area contributed by atoms with E-state index in [-0.39, 0.29) is 23.3 Å². The van der Waals surface area contributed by atoms with Crippen molar-refractivity contribution in [2.45, 2.75) is 23.8 Å². The van der Waals surface area contributed by atoms with Gasteiger partial charge in [0.1, 0.15) is 10.6 Å². The molecule has 1 unspecified atom stereocenters. The van der Waals surface area contributed by atoms with Crippen LogP contribution in [0.1, 0.15) is 12.8 Å². The van der Waals surface area contributed by atoms with Gasteiger partial charge in [0.25, 0.3) is 0 Å². The zero-order chi connectivity index (χ0) is 14.8. The third-order valence-electron chi connectivity index (χ3n) is 3.55. The number of hydrogen-bond donors (Lipinski definition) is 1. The van der Waals surface area contributed by atoms with Gasteiger partial charge in [0.15, 0.2) is 0 Å². The van der Waals surface area contributed by atoms with Crippen molar-refractivity contribution in [1.82, 2.24) is 9.62 Å². The summed E-state index contributed by atoms with van der Waals surface area (Å²) in [6, 6.07) is 5.20. The van der Waals surface area contributed by atoms with Crippen molar-refractivity contribution < 1.29 is 13.2 Å². The monoisotopic (exact) mass is 398 g/mol. The summed E-state index contributed by atoms with van der Waals surface area (Å²) in [5, 5.41) is 3.15. The number of nitrogens with one attached hydrogen (secondary N) is 1. The molecule has 1 atom stereocenters. The second-order valence-corrected chi connectivity index (χ2v) is 7.55. The summed E-state index contributed by atoms with van der Waals surface area (Å²) in [5.74, 6) is 0.536. The van der Waals surface area contributed by atoms with Gasteiger partial charge in [-0.05, 0) is 48.0 Å². The number of rotatable bonds is 4. The molecule has 1 saturated heterocycles. The van der Waals surface area contributed by atoms with Crippen LogP contribution in [-0.2, 0) is 10.0 Å². The van der Waals surface area contributed by atoms with Crippen LogP contribution in [0, 0.1) is 0 Å². The minimum Gasteiger partial charge on any atom is -0.497 e. The highest BCUT2D eigenvalue weighted by atomic mass is 79.9. The quantitative estimate of drug-likeness (QED) is 0.843. The molecule has 5 nitrogen and oxygen atoms in total. The molecule has 0 bridgehead atoms. The van der Waals surface area contributed by atoms with Crippen molar-refractivity contribution in [3.8, 4) is 5.75 Å². The molecule has 0 aromatic heterocycles. The van der Waals surface area contributed by atoms with Crippen molar-refractivity contribution in [3.05, 3.63) is 22.7 Å². The molecular formula is C13H20BrClN2O3S. The molecule has 1 aliphatic heterocycles. The Labute approximate surface area is 140 Å². The van der Waals surface area contributed by atoms with E-state index in [0.717, 1.165) is 12.8 Å². The molecule has 8 heteroatoms. The van der Waals surface area contributed by atoms with Gasteiger partial charge in [-0.3, -0.25) is 0 Å². The Morgan fingerprint density at radius 3 is 2.76 bits per heavy atom. The van der Waals surface area contributed by atoms with E-state index in [2.05, 4.69) is 21.2 Å². The lowest BCUT2D eigenvalue weighted by Gasteiger charge is -2.32. The maximum atomic E-state index is 12.8. The summed E-state index contributed by atoms with van der Waals surface area (Å²) >= 11 is 3.32. The molecule has 1 heterocycles. The van der Waals surface area contributed by atoms with Crippen LogP contribution in [0.4, 0.5) is 0 Å². The van der Waals surface area contributed by atoms with E-state index in [1.807, 2.05) is 7.05 Å². The molecule has 1 aromatic rings. The Morgan fingerprint density at radius 2 is 2.14 bits per heavy atom. The van der Waals surface area contributed by atoms with Gasteiger partial charge in [-0.1, -0.05) is 0 Å². The lowest BCUT2D eigenvalue weighted by molar-refractivity contribution is 0.292. The van der Waals surface area contributed by atoms with Crippen LogP contribution in [0.2, 0.25) is 0 Å². The summed E-state index contributed by atoms with van der Waals surface area (Å²) in [6.45, 7) is 1.06. The summed E-state index contributed by atoms with van der Waals surface area (Å²) < 4.78 is 32.7. The van der Waals surface area contributed by atoms with E-state index in [4.69, 9.17) is 4.74 Å². The minimum atomic E-state index is -3.50. The first kappa shape index (κ1) is 18.7. The molecule has 0 radical (unpaired) electrons. The van der Waals surface area contributed by atoms with Crippen molar-refractivity contribution in [2.75, 3.05) is 27.2 Å². The second kappa shape index (κ2) is 7.78. The lowest BCUT2D eigenvalue weighted by atomic mass is 10.1. The van der Waals surface area contributed by atoms with Crippen molar-refractivity contribution in [1.29, 1.82) is 0 Å². The highest BCUT2D eigenvalue weighted by Crippen LogP contribution is 2.30. The van der Waals surface area contributed by atoms with Crippen LogP contribution in [-0.4, -0.2) is 46.0 Å². The fraction of sp³-hybridized carbons (Fsp3) is 0.538. The van der Waals surface area contributed by atoms with Crippen LogP contribution in [0.15, 0.2) is 27.6 Å². The predicted octanol–water partition coefficient (Wildman–Crippen LogP) is 2.25. The Morgan fingerprint density at radius 1 is 1.43 bits per heavy atom. The highest BCUT2D eigenvalue weighted by molar-refractivity contribution is 9.10. The third kappa shape index (κ3) is 4.10. The number of sulfonamides is 1. The number of piperidine rings is 1. The van der Waals surface area contributed by atoms with Gasteiger partial charge in [0, 0.05) is 29.7 Å². The summed E-state index contributed by atoms with van der Waals surface area (Å²) in [7, 11) is -0.113. The van der Waals surface area contributed by atoms with E-state index in [9.17, 15) is 8.42 Å². The van der Waals surface area contributed by atoms with E-state index in [1.165, 1.54) is 11.4 Å². The molecule has 0 saturated carbocycles. The largest absolute Gasteiger partial charge is 0.497 e. The molecule has 120 valence electrons. The lowest BCUT2D eigenvalue weighted by Crippen LogP contribution is -2.46. The zero-order valence-corrected chi connectivity index (χ0v) is 15.2. The first-order chi connectivity index (χ1) is 9.48. The summed E-state index contributed by atoms with van der Waals surface area (Å²) in [5.41, 5.74) is 0. The number of nitrogens with zero attached hydrogens (tertiary/aromatic N) is 1. The number of likely N-dealkylation sites (N-methyl/N-ethyl adjacent to an activating group) is 1. The van der Waals surface area contributed by atoms with E-state index in [0.29, 0.717) is 23.3 Å². The normalized spacial score (nSPS) is 19.9. The minimum absolute atomic E-state index is 0. The number of halogens is 2. The van der Waals surface area contributed by atoms with Crippen LogP contribution in [0.25, 0.3) is 0 Å². The fourth-order valence-corrected chi connectivity index (χ4v) is 4.81. The van der Waals surface area contributed by atoms with Gasteiger partial charge in [0.05, 0.1) is 7.11 Å². The SMILES string of the molecule is CNC1CCCN(S(=O)(=O)c2cc(OC)ccc2Br)C1.Cl. The van der Waals surface area contributed by atoms with Crippen LogP contribution < -0.4 is 10.1 Å². The van der Waals surface area contributed by atoms with Crippen molar-refractivity contribution >= 4 is 38.4 Å². The van der Waals surface area contributed by atoms with Crippen LogP contribution >= 0.6 is 28.3 Å². The molecule has 2 rings (SSSR count). The van der Waals surface area contributed by atoms with Crippen molar-refractivity contribution in [2.24, 2.45) is 0 Å². The van der Waals surface area contributed by atoms with Gasteiger partial charge in [-0.15, -0.1) is 12.4 Å². The summed E-state index contributed by atoms with van der Waals surface area (Å²) in [6.07, 6.45) is 1.87. The Bertz CT molecular complexity index is 583. The van der Waals surface area contributed by atoms with E-state index >= 15 is 0 Å². The average molecular weight is 400 g/mol. The van der Waals surface area contributed by atoms with Gasteiger partial charge < -0.3 is 10.1 Å². The summed E-state index contributed by atoms with van der Waals surface area (Å²) in [4.78, 5) is 0.258. The fourth-order valence-electron chi connectivity index (χ4n) is 2.34. The van der Waals surface area contributed by atoms with Gasteiger partial charge in [0.2, 0.25) is 10.0 Å². The first-order valence-corrected chi connectivity index (χ1v) is 8.73. The maximum Gasteiger partial charge on any atom is 0.244 e. The number of methoxy groups -OCH3 is 1. The highest BCUT2D eigenvalue weighted by Gasteiger charge is 2.31. The predicted molar refractivity (Wildman–Crippen MR) is 88.8 cm³/mol. The third-order valence-corrected chi connectivity index (χ3v) is 6.41. The first-order valence-electron chi connectivity index (χ1n) is 6.50. The molecule has 0 spiro atoms. The molecule has 1 aliphatic rings. The molecule has 21 heavy (non-hydrogen) atoms. The Balaban J connectivity index is 0.00000220. The maximum absolute atomic E-state index is 12.8. The van der Waals surface area contributed by atoms with E-state index < -0.39 is 10.0 Å². The van der Waals surface area contributed by atoms with E-state index in [1.54, 1.807) is 18.2 Å². The molecule has 1 aromatic carbocycles. The zero-order valence-electron chi connectivity index (χ0n) is 12.0. The number of benzene rings is 1.